The number of piperidine rings is 1. The summed E-state index contributed by atoms with van der Waals surface area (Å²) in [6.45, 7) is 9.98. The van der Waals surface area contributed by atoms with Gasteiger partial charge >= 0.3 is 0 Å². The van der Waals surface area contributed by atoms with Gasteiger partial charge in [0.05, 0.1) is 12.3 Å². The molecular weight excluding hydrogens is 361 g/mol. The van der Waals surface area contributed by atoms with Crippen LogP contribution in [0, 0.1) is 11.7 Å². The van der Waals surface area contributed by atoms with Gasteiger partial charge in [-0.15, -0.1) is 0 Å². The number of benzene rings is 1. The lowest BCUT2D eigenvalue weighted by Gasteiger charge is -2.32. The average Bonchev–Trinajstić information content (AvgIpc) is 2.63. The molecule has 1 aromatic heterocycles. The number of aromatic nitrogens is 2. The monoisotopic (exact) mass is 389 g/mol. The van der Waals surface area contributed by atoms with Gasteiger partial charge in [-0.05, 0) is 44.0 Å². The minimum Gasteiger partial charge on any atom is -0.490 e. The maximum Gasteiger partial charge on any atom is 0.165 e. The van der Waals surface area contributed by atoms with Gasteiger partial charge in [-0.3, -0.25) is 9.88 Å². The van der Waals surface area contributed by atoms with Crippen LogP contribution in [0.2, 0.25) is 0 Å². The summed E-state index contributed by atoms with van der Waals surface area (Å²) in [5, 5.41) is 1.02. The minimum absolute atomic E-state index is 0.113. The first-order chi connectivity index (χ1) is 12.9. The van der Waals surface area contributed by atoms with Crippen LogP contribution in [0.15, 0.2) is 41.7 Å². The molecule has 27 heavy (non-hydrogen) atoms. The van der Waals surface area contributed by atoms with Crippen LogP contribution in [0.4, 0.5) is 4.39 Å². The highest BCUT2D eigenvalue weighted by Gasteiger charge is 2.23. The van der Waals surface area contributed by atoms with Gasteiger partial charge in [0.1, 0.15) is 5.03 Å². The molecule has 0 unspecified atom stereocenters. The van der Waals surface area contributed by atoms with E-state index in [1.807, 2.05) is 0 Å². The molecule has 2 heterocycles. The predicted molar refractivity (Wildman–Crippen MR) is 108 cm³/mol. The molecule has 4 nitrogen and oxygen atoms in total. The second-order valence-corrected chi connectivity index (χ2v) is 9.80. The Hall–Kier alpha value is -1.66. The molecule has 2 aromatic rings. The summed E-state index contributed by atoms with van der Waals surface area (Å²) in [4.78, 5) is 11.5. The van der Waals surface area contributed by atoms with E-state index >= 15 is 0 Å². The van der Waals surface area contributed by atoms with Crippen molar-refractivity contribution in [2.75, 3.05) is 19.7 Å². The summed E-state index contributed by atoms with van der Waals surface area (Å²) in [5.74, 6) is 0.524. The van der Waals surface area contributed by atoms with Crippen LogP contribution in [0.1, 0.15) is 39.3 Å². The molecule has 1 aliphatic rings. The van der Waals surface area contributed by atoms with Crippen LogP contribution in [0.5, 0.6) is 5.75 Å². The lowest BCUT2D eigenvalue weighted by Crippen LogP contribution is -2.35. The van der Waals surface area contributed by atoms with Gasteiger partial charge in [0.15, 0.2) is 11.6 Å². The third-order valence-electron chi connectivity index (χ3n) is 4.53. The van der Waals surface area contributed by atoms with Crippen molar-refractivity contribution in [2.24, 2.45) is 5.92 Å². The fourth-order valence-electron chi connectivity index (χ4n) is 3.13. The average molecular weight is 390 g/mol. The van der Waals surface area contributed by atoms with Gasteiger partial charge in [0.25, 0.3) is 0 Å². The highest BCUT2D eigenvalue weighted by molar-refractivity contribution is 8.00. The molecule has 1 aromatic carbocycles. The number of thioether (sulfide) groups is 1. The van der Waals surface area contributed by atoms with Crippen LogP contribution in [0.3, 0.4) is 0 Å². The second-order valence-electron chi connectivity index (χ2n) is 7.98. The summed E-state index contributed by atoms with van der Waals surface area (Å²) in [7, 11) is 0. The zero-order valence-corrected chi connectivity index (χ0v) is 17.1. The molecule has 1 aliphatic heterocycles. The fourth-order valence-corrected chi connectivity index (χ4v) is 4.06. The van der Waals surface area contributed by atoms with E-state index in [4.69, 9.17) is 4.74 Å². The summed E-state index contributed by atoms with van der Waals surface area (Å²) in [6.07, 6.45) is 5.65. The third kappa shape index (κ3) is 6.18. The summed E-state index contributed by atoms with van der Waals surface area (Å²) >= 11 is 1.77. The fraction of sp³-hybridized carbons (Fsp3) is 0.524. The SMILES string of the molecule is CC(C)(C)Sc1nccnc1CN1CCC(COc2ccccc2F)CC1. The first-order valence-electron chi connectivity index (χ1n) is 9.49. The molecule has 1 saturated heterocycles. The number of para-hydroxylation sites is 1. The number of nitrogens with zero attached hydrogens (tertiary/aromatic N) is 3. The Labute approximate surface area is 165 Å². The van der Waals surface area contributed by atoms with E-state index < -0.39 is 0 Å². The van der Waals surface area contributed by atoms with Crippen LogP contribution in [-0.2, 0) is 6.54 Å². The van der Waals surface area contributed by atoms with Crippen molar-refractivity contribution in [2.45, 2.75) is 49.9 Å². The zero-order chi connectivity index (χ0) is 19.3. The van der Waals surface area contributed by atoms with Gasteiger partial charge in [-0.25, -0.2) is 9.37 Å². The zero-order valence-electron chi connectivity index (χ0n) is 16.3. The van der Waals surface area contributed by atoms with Crippen molar-refractivity contribution in [3.05, 3.63) is 48.2 Å². The van der Waals surface area contributed by atoms with Gasteiger partial charge in [0.2, 0.25) is 0 Å². The number of halogens is 1. The molecule has 3 rings (SSSR count). The predicted octanol–water partition coefficient (Wildman–Crippen LogP) is 4.80. The highest BCUT2D eigenvalue weighted by atomic mass is 32.2. The van der Waals surface area contributed by atoms with Crippen LogP contribution >= 0.6 is 11.8 Å². The van der Waals surface area contributed by atoms with E-state index in [2.05, 4.69) is 35.6 Å². The van der Waals surface area contributed by atoms with Crippen LogP contribution < -0.4 is 4.74 Å². The quantitative estimate of drug-likeness (QED) is 0.664. The lowest BCUT2D eigenvalue weighted by molar-refractivity contribution is 0.133. The maximum atomic E-state index is 13.7. The third-order valence-corrected chi connectivity index (χ3v) is 5.68. The molecule has 0 saturated carbocycles. The minimum atomic E-state index is -0.290. The summed E-state index contributed by atoms with van der Waals surface area (Å²) < 4.78 is 19.5. The second kappa shape index (κ2) is 9.02. The van der Waals surface area contributed by atoms with E-state index in [0.717, 1.165) is 43.2 Å². The molecule has 0 aliphatic carbocycles. The standard InChI is InChI=1S/C21H28FN3OS/c1-21(2,3)27-20-18(23-10-11-24-20)14-25-12-8-16(9-13-25)15-26-19-7-5-4-6-17(19)22/h4-7,10-11,16H,8-9,12-15H2,1-3H3. The number of hydrogen-bond donors (Lipinski definition) is 0. The number of hydrogen-bond acceptors (Lipinski definition) is 5. The van der Waals surface area contributed by atoms with Crippen molar-refractivity contribution in [1.82, 2.24) is 14.9 Å². The van der Waals surface area contributed by atoms with Gasteiger partial charge in [-0.1, -0.05) is 44.7 Å². The smallest absolute Gasteiger partial charge is 0.165 e. The Bertz CT molecular complexity index is 742. The van der Waals surface area contributed by atoms with Crippen molar-refractivity contribution in [3.8, 4) is 5.75 Å². The van der Waals surface area contributed by atoms with Gasteiger partial charge in [-0.2, -0.15) is 0 Å². The van der Waals surface area contributed by atoms with E-state index in [1.165, 1.54) is 6.07 Å². The molecule has 6 heteroatoms. The van der Waals surface area contributed by atoms with E-state index in [0.29, 0.717) is 18.3 Å². The topological polar surface area (TPSA) is 38.2 Å². The van der Waals surface area contributed by atoms with Gasteiger partial charge < -0.3 is 4.74 Å². The normalized spacial score (nSPS) is 16.4. The molecule has 146 valence electrons. The maximum absolute atomic E-state index is 13.7. The lowest BCUT2D eigenvalue weighted by atomic mass is 9.97. The molecule has 0 bridgehead atoms. The Morgan fingerprint density at radius 3 is 2.56 bits per heavy atom. The number of ether oxygens (including phenoxy) is 1. The Kier molecular flexibility index (Phi) is 6.71. The van der Waals surface area contributed by atoms with Crippen LogP contribution in [-0.4, -0.2) is 39.3 Å². The molecule has 0 atom stereocenters. The Balaban J connectivity index is 1.49. The Morgan fingerprint density at radius 2 is 1.85 bits per heavy atom. The molecule has 0 radical (unpaired) electrons. The number of rotatable bonds is 6. The van der Waals surface area contributed by atoms with Crippen molar-refractivity contribution in [3.63, 3.8) is 0 Å². The van der Waals surface area contributed by atoms with Crippen molar-refractivity contribution >= 4 is 11.8 Å². The molecule has 0 spiro atoms. The highest BCUT2D eigenvalue weighted by Crippen LogP contribution is 2.32. The van der Waals surface area contributed by atoms with E-state index in [1.54, 1.807) is 42.4 Å². The summed E-state index contributed by atoms with van der Waals surface area (Å²) in [5.41, 5.74) is 1.05. The van der Waals surface area contributed by atoms with Gasteiger partial charge in [0, 0.05) is 23.7 Å². The molecule has 0 N–H and O–H groups in total. The Morgan fingerprint density at radius 1 is 1.15 bits per heavy atom. The largest absolute Gasteiger partial charge is 0.490 e. The van der Waals surface area contributed by atoms with Crippen LogP contribution in [0.25, 0.3) is 0 Å². The molecular formula is C21H28FN3OS. The first kappa shape index (κ1) is 20.1. The molecule has 0 amide bonds. The van der Waals surface area contributed by atoms with E-state index in [9.17, 15) is 4.39 Å². The van der Waals surface area contributed by atoms with Crippen molar-refractivity contribution < 1.29 is 9.13 Å². The number of likely N-dealkylation sites (tertiary alicyclic amines) is 1. The first-order valence-corrected chi connectivity index (χ1v) is 10.3. The molecule has 1 fully saturated rings. The van der Waals surface area contributed by atoms with E-state index in [-0.39, 0.29) is 10.6 Å². The summed E-state index contributed by atoms with van der Waals surface area (Å²) in [6, 6.07) is 6.60. The van der Waals surface area contributed by atoms with Crippen molar-refractivity contribution in [1.29, 1.82) is 0 Å².